The van der Waals surface area contributed by atoms with Crippen LogP contribution in [-0.4, -0.2) is 42.9 Å². The van der Waals surface area contributed by atoms with E-state index in [0.29, 0.717) is 35.0 Å². The lowest BCUT2D eigenvalue weighted by Crippen LogP contribution is -2.31. The number of amides is 1. The van der Waals surface area contributed by atoms with E-state index in [1.807, 2.05) is 25.3 Å². The number of fused-ring (bicyclic) bond motifs is 1. The smallest absolute Gasteiger partial charge is 0.256 e. The van der Waals surface area contributed by atoms with E-state index < -0.39 is 0 Å². The van der Waals surface area contributed by atoms with Crippen molar-refractivity contribution in [2.45, 2.75) is 32.5 Å². The van der Waals surface area contributed by atoms with E-state index in [0.717, 1.165) is 11.5 Å². The van der Waals surface area contributed by atoms with Crippen molar-refractivity contribution < 1.29 is 4.79 Å². The number of carbonyl (C=O) groups excluding carboxylic acids is 1. The Hall–Kier alpha value is -2.68. The van der Waals surface area contributed by atoms with Gasteiger partial charge in [-0.05, 0) is 32.9 Å². The fourth-order valence-corrected chi connectivity index (χ4v) is 3.25. The zero-order valence-corrected chi connectivity index (χ0v) is 15.7. The average molecular weight is 372 g/mol. The van der Waals surface area contributed by atoms with Crippen LogP contribution in [0.3, 0.4) is 0 Å². The van der Waals surface area contributed by atoms with Gasteiger partial charge in [-0.25, -0.2) is 9.97 Å². The number of nitrogens with zero attached hydrogens (tertiary/aromatic N) is 4. The number of carbonyl (C=O) groups is 1. The number of aromatic amines is 1. The Morgan fingerprint density at radius 2 is 2.12 bits per heavy atom. The fraction of sp³-hybridized carbons (Fsp3) is 0.353. The van der Waals surface area contributed by atoms with E-state index in [4.69, 9.17) is 0 Å². The van der Waals surface area contributed by atoms with Gasteiger partial charge in [0.05, 0.1) is 5.39 Å². The Kier molecular flexibility index (Phi) is 5.36. The first-order chi connectivity index (χ1) is 12.5. The van der Waals surface area contributed by atoms with Gasteiger partial charge in [0.15, 0.2) is 0 Å². The highest BCUT2D eigenvalue weighted by Crippen LogP contribution is 2.12. The summed E-state index contributed by atoms with van der Waals surface area (Å²) in [5, 5.41) is 10.7. The Labute approximate surface area is 154 Å². The first-order valence-electron chi connectivity index (χ1n) is 8.30. The van der Waals surface area contributed by atoms with Crippen LogP contribution in [0.15, 0.2) is 28.3 Å². The van der Waals surface area contributed by atoms with Crippen molar-refractivity contribution in [1.82, 2.24) is 30.0 Å². The standard InChI is InChI=1S/C17H20N6O2S/c1-4-23-9-13(14(24)12-6-5-10(2)19-15(12)23)16(25)18-7-8-26-17-20-11(3)21-22-17/h5-6,9H,4,7-8H2,1-3H3,(H,18,25)(H,20,21,22). The third-order valence-electron chi connectivity index (χ3n) is 3.84. The van der Waals surface area contributed by atoms with Crippen LogP contribution in [0.2, 0.25) is 0 Å². The Morgan fingerprint density at radius 1 is 1.31 bits per heavy atom. The van der Waals surface area contributed by atoms with Crippen LogP contribution in [-0.2, 0) is 6.54 Å². The molecule has 0 unspecified atom stereocenters. The lowest BCUT2D eigenvalue weighted by molar-refractivity contribution is 0.0954. The molecule has 0 spiro atoms. The number of thioether (sulfide) groups is 1. The molecule has 0 aromatic carbocycles. The molecule has 136 valence electrons. The van der Waals surface area contributed by atoms with Gasteiger partial charge in [0, 0.05) is 30.7 Å². The van der Waals surface area contributed by atoms with Crippen molar-refractivity contribution in [2.24, 2.45) is 0 Å². The van der Waals surface area contributed by atoms with E-state index in [1.54, 1.807) is 18.3 Å². The predicted octanol–water partition coefficient (Wildman–Crippen LogP) is 1.67. The van der Waals surface area contributed by atoms with E-state index in [2.05, 4.69) is 25.5 Å². The molecule has 0 fully saturated rings. The summed E-state index contributed by atoms with van der Waals surface area (Å²) in [6, 6.07) is 3.51. The molecule has 0 aliphatic carbocycles. The second-order valence-electron chi connectivity index (χ2n) is 5.79. The van der Waals surface area contributed by atoms with Gasteiger partial charge in [0.25, 0.3) is 5.91 Å². The van der Waals surface area contributed by atoms with Crippen LogP contribution < -0.4 is 10.7 Å². The first kappa shape index (κ1) is 18.1. The van der Waals surface area contributed by atoms with Gasteiger partial charge in [0.1, 0.15) is 17.0 Å². The minimum Gasteiger partial charge on any atom is -0.351 e. The molecular weight excluding hydrogens is 352 g/mol. The maximum absolute atomic E-state index is 12.7. The number of H-pyrrole nitrogens is 1. The Morgan fingerprint density at radius 3 is 2.81 bits per heavy atom. The summed E-state index contributed by atoms with van der Waals surface area (Å²) in [6.45, 7) is 6.68. The molecule has 0 aliphatic rings. The Bertz CT molecular complexity index is 1010. The molecule has 9 heteroatoms. The van der Waals surface area contributed by atoms with Crippen LogP contribution in [0.4, 0.5) is 0 Å². The summed E-state index contributed by atoms with van der Waals surface area (Å²) in [7, 11) is 0. The maximum atomic E-state index is 12.7. The van der Waals surface area contributed by atoms with Gasteiger partial charge >= 0.3 is 0 Å². The molecule has 3 heterocycles. The third kappa shape index (κ3) is 3.77. The molecule has 0 aliphatic heterocycles. The van der Waals surface area contributed by atoms with E-state index >= 15 is 0 Å². The summed E-state index contributed by atoms with van der Waals surface area (Å²) in [4.78, 5) is 33.7. The van der Waals surface area contributed by atoms with Crippen molar-refractivity contribution in [2.75, 3.05) is 12.3 Å². The number of nitrogens with one attached hydrogen (secondary N) is 2. The SMILES string of the molecule is CCn1cc(C(=O)NCCSc2n[nH]c(C)n2)c(=O)c2ccc(C)nc21. The van der Waals surface area contributed by atoms with Gasteiger partial charge in [-0.15, -0.1) is 5.10 Å². The van der Waals surface area contributed by atoms with E-state index in [-0.39, 0.29) is 16.9 Å². The van der Waals surface area contributed by atoms with Crippen molar-refractivity contribution in [3.05, 3.63) is 45.6 Å². The molecule has 8 nitrogen and oxygen atoms in total. The molecule has 2 N–H and O–H groups in total. The molecule has 0 saturated carbocycles. The first-order valence-corrected chi connectivity index (χ1v) is 9.29. The maximum Gasteiger partial charge on any atom is 0.256 e. The number of hydrogen-bond acceptors (Lipinski definition) is 6. The second-order valence-corrected chi connectivity index (χ2v) is 6.85. The van der Waals surface area contributed by atoms with Crippen molar-refractivity contribution >= 4 is 28.7 Å². The number of rotatable bonds is 6. The van der Waals surface area contributed by atoms with Gasteiger partial charge in [-0.1, -0.05) is 11.8 Å². The van der Waals surface area contributed by atoms with Crippen LogP contribution in [0.5, 0.6) is 0 Å². The monoisotopic (exact) mass is 372 g/mol. The van der Waals surface area contributed by atoms with Crippen LogP contribution in [0, 0.1) is 13.8 Å². The van der Waals surface area contributed by atoms with Crippen LogP contribution in [0.1, 0.15) is 28.8 Å². The van der Waals surface area contributed by atoms with Crippen molar-refractivity contribution in [1.29, 1.82) is 0 Å². The zero-order valence-electron chi connectivity index (χ0n) is 14.9. The lowest BCUT2D eigenvalue weighted by atomic mass is 10.1. The highest BCUT2D eigenvalue weighted by molar-refractivity contribution is 7.99. The molecule has 0 bridgehead atoms. The molecule has 0 atom stereocenters. The van der Waals surface area contributed by atoms with Crippen molar-refractivity contribution in [3.8, 4) is 0 Å². The number of aromatic nitrogens is 5. The van der Waals surface area contributed by atoms with Crippen LogP contribution >= 0.6 is 11.8 Å². The second kappa shape index (κ2) is 7.69. The molecule has 26 heavy (non-hydrogen) atoms. The summed E-state index contributed by atoms with van der Waals surface area (Å²) in [5.41, 5.74) is 1.26. The quantitative estimate of drug-likeness (QED) is 0.504. The van der Waals surface area contributed by atoms with Gasteiger partial charge in [-0.3, -0.25) is 14.7 Å². The molecular formula is C17H20N6O2S. The molecule has 3 aromatic rings. The molecule has 1 amide bonds. The summed E-state index contributed by atoms with van der Waals surface area (Å²) in [5.74, 6) is 0.974. The van der Waals surface area contributed by atoms with Gasteiger partial charge in [0.2, 0.25) is 10.6 Å². The minimum atomic E-state index is -0.383. The number of pyridine rings is 2. The third-order valence-corrected chi connectivity index (χ3v) is 4.69. The normalized spacial score (nSPS) is 11.0. The highest BCUT2D eigenvalue weighted by atomic mass is 32.2. The van der Waals surface area contributed by atoms with E-state index in [9.17, 15) is 9.59 Å². The van der Waals surface area contributed by atoms with Crippen LogP contribution in [0.25, 0.3) is 11.0 Å². The number of aryl methyl sites for hydroxylation is 3. The zero-order chi connectivity index (χ0) is 18.7. The topological polar surface area (TPSA) is 106 Å². The molecule has 3 aromatic heterocycles. The lowest BCUT2D eigenvalue weighted by Gasteiger charge is -2.11. The minimum absolute atomic E-state index is 0.128. The Balaban J connectivity index is 1.74. The molecule has 3 rings (SSSR count). The largest absolute Gasteiger partial charge is 0.351 e. The average Bonchev–Trinajstić information content (AvgIpc) is 3.04. The van der Waals surface area contributed by atoms with E-state index in [1.165, 1.54) is 11.8 Å². The van der Waals surface area contributed by atoms with Crippen molar-refractivity contribution in [3.63, 3.8) is 0 Å². The molecule has 0 saturated heterocycles. The van der Waals surface area contributed by atoms with Gasteiger partial charge < -0.3 is 9.88 Å². The summed E-state index contributed by atoms with van der Waals surface area (Å²) < 4.78 is 1.82. The molecule has 0 radical (unpaired) electrons. The number of hydrogen-bond donors (Lipinski definition) is 2. The van der Waals surface area contributed by atoms with Gasteiger partial charge in [-0.2, -0.15) is 0 Å². The summed E-state index contributed by atoms with van der Waals surface area (Å²) >= 11 is 1.43. The predicted molar refractivity (Wildman–Crippen MR) is 101 cm³/mol. The highest BCUT2D eigenvalue weighted by Gasteiger charge is 2.15. The fourth-order valence-electron chi connectivity index (χ4n) is 2.55. The summed E-state index contributed by atoms with van der Waals surface area (Å²) in [6.07, 6.45) is 1.58.